The summed E-state index contributed by atoms with van der Waals surface area (Å²) >= 11 is 0. The molecule has 0 amide bonds. The van der Waals surface area contributed by atoms with Crippen LogP contribution in [-0.4, -0.2) is 40.9 Å². The summed E-state index contributed by atoms with van der Waals surface area (Å²) in [5.41, 5.74) is 4.73. The highest BCUT2D eigenvalue weighted by Gasteiger charge is 2.37. The van der Waals surface area contributed by atoms with Gasteiger partial charge in [0.15, 0.2) is 0 Å². The lowest BCUT2D eigenvalue weighted by molar-refractivity contribution is 0.163. The summed E-state index contributed by atoms with van der Waals surface area (Å²) in [5, 5.41) is 20.3. The number of fused-ring (bicyclic) bond motifs is 2. The van der Waals surface area contributed by atoms with Crippen LogP contribution in [-0.2, 0) is 0 Å². The third-order valence-corrected chi connectivity index (χ3v) is 8.49. The minimum atomic E-state index is -0.351. The summed E-state index contributed by atoms with van der Waals surface area (Å²) in [5.74, 6) is 3.78. The molecule has 1 saturated carbocycles. The second kappa shape index (κ2) is 9.79. The number of phenolic OH excluding ortho intramolecular Hbond substituents is 2. The fraction of sp³-hybridized carbons (Fsp3) is 0.375. The van der Waals surface area contributed by atoms with Gasteiger partial charge in [-0.2, -0.15) is 0 Å². The molecule has 0 spiro atoms. The number of benzene rings is 3. The van der Waals surface area contributed by atoms with Gasteiger partial charge in [0.1, 0.15) is 35.7 Å². The van der Waals surface area contributed by atoms with E-state index < -0.39 is 0 Å². The molecular formula is C32H35NO4. The molecule has 192 valence electrons. The number of rotatable bonds is 6. The third kappa shape index (κ3) is 4.69. The average Bonchev–Trinajstić information content (AvgIpc) is 3.51. The Morgan fingerprint density at radius 1 is 0.946 bits per heavy atom. The van der Waals surface area contributed by atoms with E-state index in [1.807, 2.05) is 37.3 Å². The first-order valence-electron chi connectivity index (χ1n) is 13.4. The van der Waals surface area contributed by atoms with Crippen molar-refractivity contribution in [2.45, 2.75) is 45.3 Å². The molecule has 1 saturated heterocycles. The van der Waals surface area contributed by atoms with Crippen molar-refractivity contribution in [1.29, 1.82) is 0 Å². The minimum Gasteiger partial charge on any atom is -0.508 e. The van der Waals surface area contributed by atoms with Crippen LogP contribution >= 0.6 is 0 Å². The zero-order valence-corrected chi connectivity index (χ0v) is 21.6. The van der Waals surface area contributed by atoms with Gasteiger partial charge in [-0.1, -0.05) is 30.7 Å². The van der Waals surface area contributed by atoms with Crippen LogP contribution in [0.25, 0.3) is 11.1 Å². The minimum absolute atomic E-state index is 0.197. The van der Waals surface area contributed by atoms with E-state index in [2.05, 4.69) is 24.0 Å². The normalized spacial score (nSPS) is 23.9. The van der Waals surface area contributed by atoms with Crippen molar-refractivity contribution < 1.29 is 19.7 Å². The molecule has 2 heterocycles. The first kappa shape index (κ1) is 23.9. The topological polar surface area (TPSA) is 62.2 Å². The van der Waals surface area contributed by atoms with Crippen molar-refractivity contribution in [2.24, 2.45) is 11.8 Å². The van der Waals surface area contributed by atoms with Crippen LogP contribution in [0.2, 0.25) is 0 Å². The van der Waals surface area contributed by atoms with Gasteiger partial charge in [0.05, 0.1) is 0 Å². The molecule has 2 N–H and O–H groups in total. The Morgan fingerprint density at radius 3 is 2.41 bits per heavy atom. The lowest BCUT2D eigenvalue weighted by Crippen LogP contribution is -2.36. The van der Waals surface area contributed by atoms with Crippen molar-refractivity contribution in [1.82, 2.24) is 4.90 Å². The average molecular weight is 498 g/mol. The van der Waals surface area contributed by atoms with Crippen molar-refractivity contribution in [3.05, 3.63) is 83.4 Å². The van der Waals surface area contributed by atoms with E-state index in [4.69, 9.17) is 9.47 Å². The van der Waals surface area contributed by atoms with Gasteiger partial charge in [0, 0.05) is 30.3 Å². The van der Waals surface area contributed by atoms with Gasteiger partial charge < -0.3 is 19.7 Å². The Balaban J connectivity index is 1.22. The Morgan fingerprint density at radius 2 is 1.68 bits per heavy atom. The van der Waals surface area contributed by atoms with E-state index in [0.29, 0.717) is 12.6 Å². The Bertz CT molecular complexity index is 1300. The molecule has 3 aromatic rings. The molecule has 0 aromatic heterocycles. The molecule has 2 fully saturated rings. The summed E-state index contributed by atoms with van der Waals surface area (Å²) in [6.45, 7) is 7.43. The largest absolute Gasteiger partial charge is 0.508 e. The summed E-state index contributed by atoms with van der Waals surface area (Å²) in [6, 6.07) is 21.0. The van der Waals surface area contributed by atoms with Crippen molar-refractivity contribution in [2.75, 3.05) is 19.7 Å². The van der Waals surface area contributed by atoms with E-state index in [-0.39, 0.29) is 17.6 Å². The quantitative estimate of drug-likeness (QED) is 0.399. The highest BCUT2D eigenvalue weighted by Crippen LogP contribution is 2.47. The Kier molecular flexibility index (Phi) is 6.33. The third-order valence-electron chi connectivity index (χ3n) is 8.49. The number of allylic oxidation sites excluding steroid dienone is 1. The predicted molar refractivity (Wildman–Crippen MR) is 146 cm³/mol. The van der Waals surface area contributed by atoms with E-state index in [1.165, 1.54) is 32.4 Å². The molecule has 1 aliphatic carbocycles. The van der Waals surface area contributed by atoms with Crippen LogP contribution in [0.3, 0.4) is 0 Å². The molecule has 5 heteroatoms. The number of hydrogen-bond acceptors (Lipinski definition) is 5. The van der Waals surface area contributed by atoms with E-state index in [1.54, 1.807) is 24.3 Å². The van der Waals surface area contributed by atoms with Crippen LogP contribution in [0.5, 0.6) is 23.0 Å². The zero-order valence-electron chi connectivity index (χ0n) is 21.6. The van der Waals surface area contributed by atoms with Crippen molar-refractivity contribution >= 4 is 11.1 Å². The molecule has 37 heavy (non-hydrogen) atoms. The molecule has 5 nitrogen and oxygen atoms in total. The zero-order chi connectivity index (χ0) is 25.5. The van der Waals surface area contributed by atoms with Gasteiger partial charge >= 0.3 is 0 Å². The van der Waals surface area contributed by atoms with Gasteiger partial charge in [0.2, 0.25) is 0 Å². The van der Waals surface area contributed by atoms with Crippen LogP contribution in [0.1, 0.15) is 55.9 Å². The Labute approximate surface area is 219 Å². The maximum absolute atomic E-state index is 10.2. The van der Waals surface area contributed by atoms with Gasteiger partial charge in [-0.05, 0) is 97.7 Å². The standard InChI is InChI=1S/C32H35NO4/c1-20(33-17-24-6-3-7-25(24)18-33)19-36-28-12-9-22(10-13-28)32-31(23-5-4-8-26(34)15-23)21(2)29-16-27(35)11-14-30(29)37-32/h4-5,8-16,20,24-25,32,34-35H,3,6-7,17-19H2,1-2H3/t20-,24-,25+,32?/m0/s1. The smallest absolute Gasteiger partial charge is 0.150 e. The number of ether oxygens (including phenoxy) is 2. The number of aromatic hydroxyl groups is 2. The molecule has 0 radical (unpaired) electrons. The first-order valence-corrected chi connectivity index (χ1v) is 13.4. The maximum atomic E-state index is 10.2. The van der Waals surface area contributed by atoms with Crippen LogP contribution in [0.15, 0.2) is 66.7 Å². The molecule has 6 rings (SSSR count). The van der Waals surface area contributed by atoms with Crippen molar-refractivity contribution in [3.63, 3.8) is 0 Å². The summed E-state index contributed by atoms with van der Waals surface area (Å²) in [6.07, 6.45) is 3.84. The van der Waals surface area contributed by atoms with E-state index in [0.717, 1.165) is 51.2 Å². The van der Waals surface area contributed by atoms with E-state index >= 15 is 0 Å². The van der Waals surface area contributed by atoms with Crippen LogP contribution in [0.4, 0.5) is 0 Å². The molecule has 4 atom stereocenters. The molecule has 1 unspecified atom stereocenters. The molecule has 2 aliphatic heterocycles. The fourth-order valence-electron chi connectivity index (χ4n) is 6.41. The maximum Gasteiger partial charge on any atom is 0.150 e. The first-order chi connectivity index (χ1) is 18.0. The second-order valence-electron chi connectivity index (χ2n) is 10.9. The van der Waals surface area contributed by atoms with Gasteiger partial charge in [-0.25, -0.2) is 0 Å². The van der Waals surface area contributed by atoms with Crippen molar-refractivity contribution in [3.8, 4) is 23.0 Å². The highest BCUT2D eigenvalue weighted by atomic mass is 16.5. The molecule has 0 bridgehead atoms. The molecule has 3 aliphatic rings. The van der Waals surface area contributed by atoms with Gasteiger partial charge in [-0.15, -0.1) is 0 Å². The highest BCUT2D eigenvalue weighted by molar-refractivity contribution is 5.95. The monoisotopic (exact) mass is 497 g/mol. The number of nitrogens with zero attached hydrogens (tertiary/aromatic N) is 1. The lowest BCUT2D eigenvalue weighted by atomic mass is 9.86. The number of likely N-dealkylation sites (tertiary alicyclic amines) is 1. The van der Waals surface area contributed by atoms with Crippen LogP contribution in [0, 0.1) is 11.8 Å². The fourth-order valence-corrected chi connectivity index (χ4v) is 6.41. The summed E-state index contributed by atoms with van der Waals surface area (Å²) in [4.78, 5) is 2.60. The van der Waals surface area contributed by atoms with Gasteiger partial charge in [0.25, 0.3) is 0 Å². The second-order valence-corrected chi connectivity index (χ2v) is 10.9. The number of phenols is 2. The van der Waals surface area contributed by atoms with Crippen LogP contribution < -0.4 is 9.47 Å². The summed E-state index contributed by atoms with van der Waals surface area (Å²) in [7, 11) is 0. The predicted octanol–water partition coefficient (Wildman–Crippen LogP) is 6.66. The lowest BCUT2D eigenvalue weighted by Gasteiger charge is -2.31. The number of hydrogen-bond donors (Lipinski definition) is 2. The Hall–Kier alpha value is -3.44. The SMILES string of the molecule is CC1=C(c2cccc(O)c2)C(c2ccc(OC[C@H](C)N3C[C@H]4CCC[C@H]4C3)cc2)Oc2ccc(O)cc21. The summed E-state index contributed by atoms with van der Waals surface area (Å²) < 4.78 is 12.7. The molecular weight excluding hydrogens is 462 g/mol. The molecule has 3 aromatic carbocycles. The van der Waals surface area contributed by atoms with Gasteiger partial charge in [-0.3, -0.25) is 4.90 Å². The van der Waals surface area contributed by atoms with E-state index in [9.17, 15) is 10.2 Å².